The first-order valence-corrected chi connectivity index (χ1v) is 13.5. The number of nitrogens with zero attached hydrogens (tertiary/aromatic N) is 1. The minimum absolute atomic E-state index is 1.03. The lowest BCUT2D eigenvalue weighted by atomic mass is 9.13. The maximum Gasteiger partial charge on any atom is 0.212 e. The number of pyridine rings is 1. The quantitative estimate of drug-likeness (QED) is 0.221. The molecule has 186 valence electrons. The fraction of sp³-hybridized carbons (Fsp3) is 0.0833. The van der Waals surface area contributed by atoms with Crippen LogP contribution >= 0.6 is 0 Å². The van der Waals surface area contributed by atoms with Crippen LogP contribution in [0.5, 0.6) is 0 Å². The van der Waals surface area contributed by atoms with Crippen LogP contribution < -0.4 is 26.4 Å². The Balaban J connectivity index is 0.000000190. The molecular weight excluding hydrogens is 457 g/mol. The van der Waals surface area contributed by atoms with Crippen LogP contribution in [0.4, 0.5) is 0 Å². The highest BCUT2D eigenvalue weighted by Gasteiger charge is 2.31. The molecule has 38 heavy (non-hydrogen) atoms. The van der Waals surface area contributed by atoms with Crippen molar-refractivity contribution in [3.63, 3.8) is 0 Å². The molecule has 0 spiro atoms. The van der Waals surface area contributed by atoms with Gasteiger partial charge in [0.05, 0.1) is 0 Å². The highest BCUT2D eigenvalue weighted by atomic mass is 15.0. The van der Waals surface area contributed by atoms with Crippen LogP contribution in [0.2, 0.25) is 0 Å². The van der Waals surface area contributed by atoms with Gasteiger partial charge in [-0.25, -0.2) is 0 Å². The monoisotopic (exact) mass is 491 g/mol. The maximum absolute atomic E-state index is 2.33. The van der Waals surface area contributed by atoms with Gasteiger partial charge in [0.15, 0.2) is 5.69 Å². The van der Waals surface area contributed by atoms with Crippen molar-refractivity contribution in [2.45, 2.75) is 20.4 Å². The number of para-hydroxylation sites is 1. The molecule has 0 fully saturated rings. The van der Waals surface area contributed by atoms with Crippen molar-refractivity contribution in [2.75, 3.05) is 0 Å². The third-order valence-electron chi connectivity index (χ3n) is 7.67. The second kappa shape index (κ2) is 11.7. The Kier molecular flexibility index (Phi) is 7.80. The Hall–Kier alpha value is -4.43. The average Bonchev–Trinajstić information content (AvgIpc) is 3.00. The molecule has 0 unspecified atom stereocenters. The molecule has 1 nitrogen and oxygen atoms in total. The van der Waals surface area contributed by atoms with Gasteiger partial charge in [-0.15, -0.1) is 0 Å². The summed E-state index contributed by atoms with van der Waals surface area (Å²) < 4.78 is 2.33. The molecule has 0 aliphatic carbocycles. The molecule has 0 aliphatic heterocycles. The van der Waals surface area contributed by atoms with Crippen LogP contribution in [0.3, 0.4) is 0 Å². The Morgan fingerprint density at radius 1 is 0.447 bits per heavy atom. The SMILES string of the molecule is CC[n+]1c(C)ccc2ccccc21.c1ccc([B-](c2ccccc2)(c2ccccc2)c2ccccc2)cc1. The average molecular weight is 491 g/mol. The summed E-state index contributed by atoms with van der Waals surface area (Å²) in [6.45, 7) is 5.36. The molecular formula is C36H34BN. The summed E-state index contributed by atoms with van der Waals surface area (Å²) in [5, 5.41) is 1.31. The number of benzene rings is 5. The molecule has 0 saturated heterocycles. The second-order valence-corrected chi connectivity index (χ2v) is 9.79. The molecule has 5 aromatic carbocycles. The standard InChI is InChI=1S/C24H20B.C12H14N/c1-5-13-21(14-6-1)25(22-15-7-2-8-16-22,23-17-9-3-10-18-23)24-19-11-4-12-20-24;1-3-13-10(2)8-9-11-6-4-5-7-12(11)13/h1-20H;4-9H,3H2,1-2H3/q-1;+1. The van der Waals surface area contributed by atoms with Gasteiger partial charge in [0.25, 0.3) is 0 Å². The van der Waals surface area contributed by atoms with Crippen molar-refractivity contribution in [3.8, 4) is 0 Å². The molecule has 6 rings (SSSR count). The first kappa shape index (κ1) is 25.2. The van der Waals surface area contributed by atoms with E-state index in [0.29, 0.717) is 0 Å². The van der Waals surface area contributed by atoms with Crippen LogP contribution in [0.1, 0.15) is 12.6 Å². The van der Waals surface area contributed by atoms with Gasteiger partial charge >= 0.3 is 0 Å². The number of hydrogen-bond donors (Lipinski definition) is 0. The summed E-state index contributed by atoms with van der Waals surface area (Å²) in [5.41, 5.74) is 8.00. The van der Waals surface area contributed by atoms with E-state index in [4.69, 9.17) is 0 Å². The summed E-state index contributed by atoms with van der Waals surface area (Å²) in [6, 6.07) is 56.4. The molecule has 2 heteroatoms. The van der Waals surface area contributed by atoms with Crippen molar-refractivity contribution < 1.29 is 4.57 Å². The summed E-state index contributed by atoms with van der Waals surface area (Å²) in [7, 11) is 0. The number of rotatable bonds is 5. The van der Waals surface area contributed by atoms with Crippen molar-refractivity contribution in [1.29, 1.82) is 0 Å². The van der Waals surface area contributed by atoms with Gasteiger partial charge in [-0.05, 0) is 19.1 Å². The topological polar surface area (TPSA) is 3.88 Å². The van der Waals surface area contributed by atoms with E-state index in [1.807, 2.05) is 0 Å². The summed E-state index contributed by atoms with van der Waals surface area (Å²) in [6.07, 6.45) is -1.22. The van der Waals surface area contributed by atoms with Gasteiger partial charge < -0.3 is 0 Å². The molecule has 1 aromatic heterocycles. The zero-order valence-electron chi connectivity index (χ0n) is 22.2. The van der Waals surface area contributed by atoms with E-state index in [1.165, 1.54) is 38.4 Å². The van der Waals surface area contributed by atoms with Crippen LogP contribution in [-0.4, -0.2) is 6.15 Å². The molecule has 6 aromatic rings. The van der Waals surface area contributed by atoms with Crippen LogP contribution in [0, 0.1) is 6.92 Å². The first-order chi connectivity index (χ1) is 18.7. The van der Waals surface area contributed by atoms with Gasteiger partial charge in [-0.3, -0.25) is 0 Å². The number of fused-ring (bicyclic) bond motifs is 1. The lowest BCUT2D eigenvalue weighted by molar-refractivity contribution is -0.673. The van der Waals surface area contributed by atoms with E-state index in [1.54, 1.807) is 0 Å². The largest absolute Gasteiger partial charge is 0.212 e. The Morgan fingerprint density at radius 2 is 0.816 bits per heavy atom. The highest BCUT2D eigenvalue weighted by molar-refractivity contribution is 7.19. The molecule has 1 heterocycles. The molecule has 0 saturated carbocycles. The fourth-order valence-electron chi connectivity index (χ4n) is 5.91. The zero-order chi connectivity index (χ0) is 26.2. The molecule has 0 aliphatic rings. The van der Waals surface area contributed by atoms with E-state index in [-0.39, 0.29) is 0 Å². The maximum atomic E-state index is 2.33. The Morgan fingerprint density at radius 3 is 1.21 bits per heavy atom. The van der Waals surface area contributed by atoms with E-state index >= 15 is 0 Å². The van der Waals surface area contributed by atoms with E-state index in [2.05, 4.69) is 176 Å². The molecule has 0 atom stereocenters. The van der Waals surface area contributed by atoms with Crippen LogP contribution in [-0.2, 0) is 6.54 Å². The predicted molar refractivity (Wildman–Crippen MR) is 165 cm³/mol. The van der Waals surface area contributed by atoms with Crippen LogP contribution in [0.15, 0.2) is 158 Å². The Bertz CT molecular complexity index is 1420. The molecule has 0 radical (unpaired) electrons. The fourth-order valence-corrected chi connectivity index (χ4v) is 5.91. The highest BCUT2D eigenvalue weighted by Crippen LogP contribution is 2.10. The minimum Gasteiger partial charge on any atom is -0.196 e. The predicted octanol–water partition coefficient (Wildman–Crippen LogP) is 5.52. The Labute approximate surface area is 227 Å². The smallest absolute Gasteiger partial charge is 0.196 e. The van der Waals surface area contributed by atoms with E-state index in [0.717, 1.165) is 6.54 Å². The molecule has 0 bridgehead atoms. The third kappa shape index (κ3) is 4.90. The van der Waals surface area contributed by atoms with Crippen molar-refractivity contribution in [2.24, 2.45) is 0 Å². The van der Waals surface area contributed by atoms with Gasteiger partial charge in [-0.2, -0.15) is 26.4 Å². The lowest BCUT2D eigenvalue weighted by Crippen LogP contribution is -2.74. The van der Waals surface area contributed by atoms with E-state index < -0.39 is 6.15 Å². The zero-order valence-corrected chi connectivity index (χ0v) is 22.2. The normalized spacial score (nSPS) is 11.0. The number of aromatic nitrogens is 1. The summed E-state index contributed by atoms with van der Waals surface area (Å²) >= 11 is 0. The molecule has 0 amide bonds. The second-order valence-electron chi connectivity index (χ2n) is 9.79. The minimum atomic E-state index is -1.22. The first-order valence-electron chi connectivity index (χ1n) is 13.5. The number of aryl methyl sites for hydroxylation is 2. The number of hydrogen-bond acceptors (Lipinski definition) is 0. The van der Waals surface area contributed by atoms with E-state index in [9.17, 15) is 0 Å². The van der Waals surface area contributed by atoms with Crippen molar-refractivity contribution >= 4 is 38.9 Å². The van der Waals surface area contributed by atoms with Crippen LogP contribution in [0.25, 0.3) is 10.9 Å². The van der Waals surface area contributed by atoms with Gasteiger partial charge in [0, 0.05) is 24.4 Å². The van der Waals surface area contributed by atoms with Gasteiger partial charge in [0.2, 0.25) is 5.52 Å². The molecule has 0 N–H and O–H groups in total. The van der Waals surface area contributed by atoms with Gasteiger partial charge in [-0.1, -0.05) is 133 Å². The summed E-state index contributed by atoms with van der Waals surface area (Å²) in [4.78, 5) is 0. The lowest BCUT2D eigenvalue weighted by Gasteiger charge is -2.44. The van der Waals surface area contributed by atoms with Crippen molar-refractivity contribution in [1.82, 2.24) is 0 Å². The van der Waals surface area contributed by atoms with Crippen molar-refractivity contribution in [3.05, 3.63) is 163 Å². The summed E-state index contributed by atoms with van der Waals surface area (Å²) in [5.74, 6) is 0. The third-order valence-corrected chi connectivity index (χ3v) is 7.67. The van der Waals surface area contributed by atoms with Gasteiger partial charge in [0.1, 0.15) is 12.7 Å².